The van der Waals surface area contributed by atoms with Crippen molar-refractivity contribution < 1.29 is 13.9 Å². The summed E-state index contributed by atoms with van der Waals surface area (Å²) in [5.74, 6) is 0.795. The van der Waals surface area contributed by atoms with Crippen molar-refractivity contribution in [2.45, 2.75) is 26.7 Å². The third kappa shape index (κ3) is 3.59. The fourth-order valence-electron chi connectivity index (χ4n) is 2.67. The summed E-state index contributed by atoms with van der Waals surface area (Å²) in [7, 11) is 1.60. The molecular weight excluding hydrogens is 330 g/mol. The molecule has 0 unspecified atom stereocenters. The van der Waals surface area contributed by atoms with Gasteiger partial charge < -0.3 is 14.5 Å². The van der Waals surface area contributed by atoms with Gasteiger partial charge in [-0.2, -0.15) is 0 Å². The van der Waals surface area contributed by atoms with Crippen LogP contribution in [0.5, 0.6) is 5.75 Å². The quantitative estimate of drug-likeness (QED) is 0.736. The largest absolute Gasteiger partial charge is 0.497 e. The van der Waals surface area contributed by atoms with Crippen molar-refractivity contribution in [1.82, 2.24) is 10.2 Å². The molecule has 1 amide bonds. The SMILES string of the molecule is COc1ccc(-c2nnc(C(=O)Nc3c(C)cccc3C(C)C)o2)cc1. The number of methoxy groups -OCH3 is 1. The maximum absolute atomic E-state index is 12.6. The lowest BCUT2D eigenvalue weighted by molar-refractivity contribution is 0.0990. The molecule has 1 heterocycles. The van der Waals surface area contributed by atoms with Gasteiger partial charge in [-0.1, -0.05) is 32.0 Å². The molecule has 0 aliphatic rings. The van der Waals surface area contributed by atoms with E-state index in [2.05, 4.69) is 29.4 Å². The van der Waals surface area contributed by atoms with Crippen LogP contribution in [0.1, 0.15) is 41.6 Å². The predicted molar refractivity (Wildman–Crippen MR) is 99.5 cm³/mol. The first-order chi connectivity index (χ1) is 12.5. The number of hydrogen-bond donors (Lipinski definition) is 1. The van der Waals surface area contributed by atoms with E-state index in [1.54, 1.807) is 31.4 Å². The number of hydrogen-bond acceptors (Lipinski definition) is 5. The number of carbonyl (C=O) groups excluding carboxylic acids is 1. The first kappa shape index (κ1) is 17.7. The molecule has 0 saturated carbocycles. The second-order valence-corrected chi connectivity index (χ2v) is 6.29. The Labute approximate surface area is 152 Å². The van der Waals surface area contributed by atoms with Gasteiger partial charge in [-0.05, 0) is 48.2 Å². The minimum absolute atomic E-state index is 0.0752. The molecule has 0 atom stereocenters. The highest BCUT2D eigenvalue weighted by Crippen LogP contribution is 2.28. The zero-order chi connectivity index (χ0) is 18.7. The summed E-state index contributed by atoms with van der Waals surface area (Å²) in [5.41, 5.74) is 3.56. The van der Waals surface area contributed by atoms with Crippen LogP contribution in [-0.2, 0) is 0 Å². The van der Waals surface area contributed by atoms with Crippen LogP contribution in [0.15, 0.2) is 46.9 Å². The van der Waals surface area contributed by atoms with Gasteiger partial charge in [-0.25, -0.2) is 0 Å². The van der Waals surface area contributed by atoms with E-state index in [0.29, 0.717) is 0 Å². The Morgan fingerprint density at radius 1 is 1.12 bits per heavy atom. The second-order valence-electron chi connectivity index (χ2n) is 6.29. The van der Waals surface area contributed by atoms with E-state index >= 15 is 0 Å². The molecule has 0 aliphatic heterocycles. The summed E-state index contributed by atoms with van der Waals surface area (Å²) in [6.45, 7) is 6.12. The van der Waals surface area contributed by atoms with Gasteiger partial charge >= 0.3 is 11.8 Å². The minimum Gasteiger partial charge on any atom is -0.497 e. The molecule has 1 N–H and O–H groups in total. The van der Waals surface area contributed by atoms with Gasteiger partial charge in [0.2, 0.25) is 5.89 Å². The predicted octanol–water partition coefficient (Wildman–Crippen LogP) is 4.43. The number of nitrogens with one attached hydrogen (secondary N) is 1. The second kappa shape index (κ2) is 7.39. The summed E-state index contributed by atoms with van der Waals surface area (Å²) in [6.07, 6.45) is 0. The van der Waals surface area contributed by atoms with Crippen molar-refractivity contribution in [3.8, 4) is 17.2 Å². The van der Waals surface area contributed by atoms with Crippen molar-refractivity contribution in [2.24, 2.45) is 0 Å². The number of benzene rings is 2. The number of anilines is 1. The third-order valence-corrected chi connectivity index (χ3v) is 4.12. The number of nitrogens with zero attached hydrogens (tertiary/aromatic N) is 2. The van der Waals surface area contributed by atoms with E-state index < -0.39 is 5.91 Å². The lowest BCUT2D eigenvalue weighted by Crippen LogP contribution is -2.15. The molecule has 0 radical (unpaired) electrons. The molecule has 0 fully saturated rings. The number of amides is 1. The molecule has 0 bridgehead atoms. The van der Waals surface area contributed by atoms with Crippen LogP contribution in [0.4, 0.5) is 5.69 Å². The lowest BCUT2D eigenvalue weighted by atomic mass is 9.98. The van der Waals surface area contributed by atoms with Crippen LogP contribution in [0.2, 0.25) is 0 Å². The molecular formula is C20H21N3O3. The Balaban J connectivity index is 1.83. The molecule has 6 heteroatoms. The van der Waals surface area contributed by atoms with Gasteiger partial charge in [0.05, 0.1) is 7.11 Å². The monoisotopic (exact) mass is 351 g/mol. The molecule has 26 heavy (non-hydrogen) atoms. The number of ether oxygens (including phenoxy) is 1. The lowest BCUT2D eigenvalue weighted by Gasteiger charge is -2.15. The topological polar surface area (TPSA) is 77.2 Å². The molecule has 1 aromatic heterocycles. The van der Waals surface area contributed by atoms with Gasteiger partial charge in [-0.3, -0.25) is 4.79 Å². The zero-order valence-electron chi connectivity index (χ0n) is 15.2. The number of aromatic nitrogens is 2. The number of rotatable bonds is 5. The van der Waals surface area contributed by atoms with Crippen molar-refractivity contribution in [2.75, 3.05) is 12.4 Å². The van der Waals surface area contributed by atoms with Crippen LogP contribution >= 0.6 is 0 Å². The van der Waals surface area contributed by atoms with Crippen molar-refractivity contribution >= 4 is 11.6 Å². The van der Waals surface area contributed by atoms with Gasteiger partial charge in [0.1, 0.15) is 5.75 Å². The normalized spacial score (nSPS) is 10.8. The van der Waals surface area contributed by atoms with E-state index in [4.69, 9.17) is 9.15 Å². The average molecular weight is 351 g/mol. The summed E-state index contributed by atoms with van der Waals surface area (Å²) < 4.78 is 10.7. The molecule has 0 aliphatic carbocycles. The van der Waals surface area contributed by atoms with E-state index in [1.165, 1.54) is 0 Å². The molecule has 2 aromatic carbocycles. The number of para-hydroxylation sites is 1. The summed E-state index contributed by atoms with van der Waals surface area (Å²) in [5, 5.41) is 10.7. The fraction of sp³-hybridized carbons (Fsp3) is 0.250. The van der Waals surface area contributed by atoms with Gasteiger partial charge in [0.25, 0.3) is 0 Å². The van der Waals surface area contributed by atoms with Gasteiger partial charge in [0, 0.05) is 11.3 Å². The minimum atomic E-state index is -0.423. The first-order valence-electron chi connectivity index (χ1n) is 8.38. The number of carbonyl (C=O) groups is 1. The average Bonchev–Trinajstić information content (AvgIpc) is 3.13. The van der Waals surface area contributed by atoms with E-state index in [-0.39, 0.29) is 17.7 Å². The summed E-state index contributed by atoms with van der Waals surface area (Å²) in [4.78, 5) is 12.6. The van der Waals surface area contributed by atoms with Crippen LogP contribution in [0.3, 0.4) is 0 Å². The van der Waals surface area contributed by atoms with E-state index in [0.717, 1.165) is 28.1 Å². The first-order valence-corrected chi connectivity index (χ1v) is 8.38. The van der Waals surface area contributed by atoms with Gasteiger partial charge in [0.15, 0.2) is 0 Å². The molecule has 0 saturated heterocycles. The molecule has 6 nitrogen and oxygen atoms in total. The maximum atomic E-state index is 12.6. The van der Waals surface area contributed by atoms with Crippen molar-refractivity contribution in [3.63, 3.8) is 0 Å². The van der Waals surface area contributed by atoms with Crippen LogP contribution in [0, 0.1) is 6.92 Å². The maximum Gasteiger partial charge on any atom is 0.313 e. The van der Waals surface area contributed by atoms with Crippen molar-refractivity contribution in [3.05, 3.63) is 59.5 Å². The Bertz CT molecular complexity index is 914. The summed E-state index contributed by atoms with van der Waals surface area (Å²) in [6, 6.07) is 13.1. The van der Waals surface area contributed by atoms with Crippen LogP contribution in [0.25, 0.3) is 11.5 Å². The van der Waals surface area contributed by atoms with Crippen LogP contribution < -0.4 is 10.1 Å². The highest BCUT2D eigenvalue weighted by atomic mass is 16.5. The molecule has 134 valence electrons. The summed E-state index contributed by atoms with van der Waals surface area (Å²) >= 11 is 0. The standard InChI is InChI=1S/C20H21N3O3/c1-12(2)16-7-5-6-13(3)17(16)21-18(24)20-23-22-19(26-20)14-8-10-15(25-4)11-9-14/h5-12H,1-4H3,(H,21,24). The Morgan fingerprint density at radius 2 is 1.85 bits per heavy atom. The fourth-order valence-corrected chi connectivity index (χ4v) is 2.67. The smallest absolute Gasteiger partial charge is 0.313 e. The molecule has 3 rings (SSSR count). The van der Waals surface area contributed by atoms with E-state index in [1.807, 2.05) is 25.1 Å². The third-order valence-electron chi connectivity index (χ3n) is 4.12. The number of aryl methyl sites for hydroxylation is 1. The van der Waals surface area contributed by atoms with Crippen LogP contribution in [-0.4, -0.2) is 23.2 Å². The molecule has 0 spiro atoms. The van der Waals surface area contributed by atoms with Crippen molar-refractivity contribution in [1.29, 1.82) is 0 Å². The van der Waals surface area contributed by atoms with Gasteiger partial charge in [-0.15, -0.1) is 10.2 Å². The Hall–Kier alpha value is -3.15. The Kier molecular flexibility index (Phi) is 5.02. The van der Waals surface area contributed by atoms with E-state index in [9.17, 15) is 4.79 Å². The highest BCUT2D eigenvalue weighted by Gasteiger charge is 2.19. The zero-order valence-corrected chi connectivity index (χ0v) is 15.2. The molecule has 3 aromatic rings. The highest BCUT2D eigenvalue weighted by molar-refractivity contribution is 6.02. The Morgan fingerprint density at radius 3 is 2.50 bits per heavy atom.